The smallest absolute Gasteiger partial charge is 0.327 e. The summed E-state index contributed by atoms with van der Waals surface area (Å²) < 4.78 is 31.6. The minimum absolute atomic E-state index is 0.533. The second-order valence-electron chi connectivity index (χ2n) is 5.90. The minimum Gasteiger partial charge on any atom is -0.327 e. The topological polar surface area (TPSA) is 101 Å². The van der Waals surface area contributed by atoms with Crippen molar-refractivity contribution >= 4 is 10.4 Å². The fourth-order valence-electron chi connectivity index (χ4n) is 3.38. The Kier molecular flexibility index (Phi) is 7.28. The van der Waals surface area contributed by atoms with Gasteiger partial charge in [0.1, 0.15) is 0 Å². The molecule has 6 heteroatoms. The Hall–Kier alpha value is -0.170. The Bertz CT molecular complexity index is 331. The van der Waals surface area contributed by atoms with Crippen LogP contribution in [-0.2, 0) is 10.4 Å². The van der Waals surface area contributed by atoms with Crippen molar-refractivity contribution in [3.8, 4) is 0 Å². The van der Waals surface area contributed by atoms with E-state index in [1.165, 1.54) is 64.2 Å². The predicted octanol–water partition coefficient (Wildman–Crippen LogP) is 2.82. The van der Waals surface area contributed by atoms with Crippen LogP contribution < -0.4 is 5.73 Å². The highest BCUT2D eigenvalue weighted by molar-refractivity contribution is 7.79. The van der Waals surface area contributed by atoms with Crippen molar-refractivity contribution < 1.29 is 17.5 Å². The van der Waals surface area contributed by atoms with Crippen LogP contribution in [0.15, 0.2) is 0 Å². The van der Waals surface area contributed by atoms with Gasteiger partial charge in [0.2, 0.25) is 0 Å². The van der Waals surface area contributed by atoms with Crippen LogP contribution in [-0.4, -0.2) is 23.6 Å². The first-order valence-electron chi connectivity index (χ1n) is 7.31. The van der Waals surface area contributed by atoms with Crippen LogP contribution in [0.5, 0.6) is 0 Å². The molecule has 19 heavy (non-hydrogen) atoms. The van der Waals surface area contributed by atoms with E-state index in [1.807, 2.05) is 0 Å². The quantitative estimate of drug-likeness (QED) is 0.680. The minimum atomic E-state index is -4.67. The Morgan fingerprint density at radius 3 is 1.89 bits per heavy atom. The molecule has 2 fully saturated rings. The van der Waals surface area contributed by atoms with Gasteiger partial charge in [0.25, 0.3) is 0 Å². The summed E-state index contributed by atoms with van der Waals surface area (Å²) in [6, 6.07) is 0.533. The molecule has 2 aliphatic carbocycles. The summed E-state index contributed by atoms with van der Waals surface area (Å²) in [6.45, 7) is 0. The fraction of sp³-hybridized carbons (Fsp3) is 1.00. The van der Waals surface area contributed by atoms with E-state index in [0.29, 0.717) is 6.04 Å². The maximum atomic E-state index is 8.74. The van der Waals surface area contributed by atoms with E-state index in [1.54, 1.807) is 0 Å². The Morgan fingerprint density at radius 1 is 0.895 bits per heavy atom. The lowest BCUT2D eigenvalue weighted by atomic mass is 9.75. The number of nitrogens with two attached hydrogens (primary N) is 1. The monoisotopic (exact) mass is 293 g/mol. The molecular weight excluding hydrogens is 266 g/mol. The second-order valence-corrected chi connectivity index (χ2v) is 6.79. The molecule has 0 spiro atoms. The van der Waals surface area contributed by atoms with Gasteiger partial charge in [-0.1, -0.05) is 44.9 Å². The van der Waals surface area contributed by atoms with E-state index in [9.17, 15) is 0 Å². The Morgan fingerprint density at radius 2 is 1.37 bits per heavy atom. The van der Waals surface area contributed by atoms with Crippen molar-refractivity contribution in [2.24, 2.45) is 17.6 Å². The van der Waals surface area contributed by atoms with Gasteiger partial charge in [0, 0.05) is 6.04 Å². The van der Waals surface area contributed by atoms with E-state index in [-0.39, 0.29) is 0 Å². The van der Waals surface area contributed by atoms with Crippen LogP contribution in [0.25, 0.3) is 0 Å². The summed E-state index contributed by atoms with van der Waals surface area (Å²) in [5, 5.41) is 0. The molecule has 0 aromatic carbocycles. The molecule has 4 N–H and O–H groups in total. The van der Waals surface area contributed by atoms with Crippen LogP contribution in [0.2, 0.25) is 0 Å². The Balaban J connectivity index is 0.000000312. The van der Waals surface area contributed by atoms with Crippen LogP contribution in [0, 0.1) is 11.8 Å². The molecule has 0 aromatic heterocycles. The van der Waals surface area contributed by atoms with Crippen LogP contribution >= 0.6 is 0 Å². The summed E-state index contributed by atoms with van der Waals surface area (Å²) in [4.78, 5) is 0. The van der Waals surface area contributed by atoms with Gasteiger partial charge in [0.15, 0.2) is 0 Å². The van der Waals surface area contributed by atoms with Crippen molar-refractivity contribution in [2.45, 2.75) is 70.3 Å². The summed E-state index contributed by atoms with van der Waals surface area (Å²) in [5.74, 6) is 1.89. The second kappa shape index (κ2) is 8.19. The normalized spacial score (nSPS) is 29.4. The Labute approximate surface area is 116 Å². The molecular formula is C13H27NO4S. The van der Waals surface area contributed by atoms with E-state index >= 15 is 0 Å². The molecule has 0 saturated heterocycles. The number of hydrogen-bond acceptors (Lipinski definition) is 3. The highest BCUT2D eigenvalue weighted by Gasteiger charge is 2.25. The first-order chi connectivity index (χ1) is 8.86. The molecule has 2 atom stereocenters. The molecule has 0 radical (unpaired) electrons. The first kappa shape index (κ1) is 16.9. The molecule has 0 heterocycles. The molecule has 2 saturated carbocycles. The molecule has 2 aliphatic rings. The number of rotatable bonds is 2. The van der Waals surface area contributed by atoms with Gasteiger partial charge < -0.3 is 5.73 Å². The lowest BCUT2D eigenvalue weighted by molar-refractivity contribution is 0.221. The molecule has 0 aliphatic heterocycles. The SMILES string of the molecule is NC1CCCCC1CC1CCCCC1.O=S(=O)(O)O. The lowest BCUT2D eigenvalue weighted by Crippen LogP contribution is -2.34. The summed E-state index contributed by atoms with van der Waals surface area (Å²) in [7, 11) is -4.67. The predicted molar refractivity (Wildman–Crippen MR) is 75.3 cm³/mol. The van der Waals surface area contributed by atoms with Crippen LogP contribution in [0.1, 0.15) is 64.2 Å². The van der Waals surface area contributed by atoms with Gasteiger partial charge in [-0.2, -0.15) is 8.42 Å². The highest BCUT2D eigenvalue weighted by atomic mass is 32.3. The largest absolute Gasteiger partial charge is 0.394 e. The van der Waals surface area contributed by atoms with Gasteiger partial charge in [0.05, 0.1) is 0 Å². The zero-order valence-electron chi connectivity index (χ0n) is 11.5. The molecule has 2 rings (SSSR count). The molecule has 2 unspecified atom stereocenters. The van der Waals surface area contributed by atoms with Gasteiger partial charge in [-0.05, 0) is 31.1 Å². The molecule has 0 amide bonds. The maximum Gasteiger partial charge on any atom is 0.394 e. The molecule has 114 valence electrons. The van der Waals surface area contributed by atoms with Crippen molar-refractivity contribution in [1.29, 1.82) is 0 Å². The zero-order chi connectivity index (χ0) is 14.3. The molecule has 5 nitrogen and oxygen atoms in total. The van der Waals surface area contributed by atoms with Crippen molar-refractivity contribution in [1.82, 2.24) is 0 Å². The van der Waals surface area contributed by atoms with Crippen LogP contribution in [0.4, 0.5) is 0 Å². The maximum absolute atomic E-state index is 8.74. The van der Waals surface area contributed by atoms with Gasteiger partial charge in [-0.25, -0.2) is 0 Å². The third-order valence-electron chi connectivity index (χ3n) is 4.33. The third-order valence-corrected chi connectivity index (χ3v) is 4.33. The summed E-state index contributed by atoms with van der Waals surface area (Å²) >= 11 is 0. The molecule has 0 bridgehead atoms. The van der Waals surface area contributed by atoms with Gasteiger partial charge in [-0.3, -0.25) is 9.11 Å². The first-order valence-corrected chi connectivity index (χ1v) is 8.71. The van der Waals surface area contributed by atoms with Gasteiger partial charge >= 0.3 is 10.4 Å². The lowest BCUT2D eigenvalue weighted by Gasteiger charge is -2.33. The summed E-state index contributed by atoms with van der Waals surface area (Å²) in [5.41, 5.74) is 6.20. The average Bonchev–Trinajstić information content (AvgIpc) is 2.31. The fourth-order valence-corrected chi connectivity index (χ4v) is 3.38. The van der Waals surface area contributed by atoms with Gasteiger partial charge in [-0.15, -0.1) is 0 Å². The van der Waals surface area contributed by atoms with E-state index in [2.05, 4.69) is 0 Å². The van der Waals surface area contributed by atoms with E-state index < -0.39 is 10.4 Å². The van der Waals surface area contributed by atoms with E-state index in [0.717, 1.165) is 11.8 Å². The van der Waals surface area contributed by atoms with Crippen molar-refractivity contribution in [3.63, 3.8) is 0 Å². The number of hydrogen-bond donors (Lipinski definition) is 3. The van der Waals surface area contributed by atoms with E-state index in [4.69, 9.17) is 23.3 Å². The molecule has 0 aromatic rings. The third kappa shape index (κ3) is 8.57. The van der Waals surface area contributed by atoms with Crippen LogP contribution in [0.3, 0.4) is 0 Å². The van der Waals surface area contributed by atoms with Crippen molar-refractivity contribution in [2.75, 3.05) is 0 Å². The summed E-state index contributed by atoms with van der Waals surface area (Å²) in [6.07, 6.45) is 14.4. The standard InChI is InChI=1S/C13H25N.H2O4S/c14-13-9-5-4-8-12(13)10-11-6-2-1-3-7-11;1-5(2,3)4/h11-13H,1-10,14H2;(H2,1,2,3,4). The average molecular weight is 293 g/mol. The highest BCUT2D eigenvalue weighted by Crippen LogP contribution is 2.34. The van der Waals surface area contributed by atoms with Crippen molar-refractivity contribution in [3.05, 3.63) is 0 Å². The zero-order valence-corrected chi connectivity index (χ0v) is 12.3.